The van der Waals surface area contributed by atoms with Gasteiger partial charge in [-0.2, -0.15) is 0 Å². The fourth-order valence-corrected chi connectivity index (χ4v) is 2.09. The van der Waals surface area contributed by atoms with E-state index in [1.54, 1.807) is 10.9 Å². The van der Waals surface area contributed by atoms with Crippen molar-refractivity contribution in [2.45, 2.75) is 11.6 Å². The molecule has 6 heteroatoms. The predicted molar refractivity (Wildman–Crippen MR) is 41.9 cm³/mol. The third kappa shape index (κ3) is 1.18. The maximum atomic E-state index is 10.6. The van der Waals surface area contributed by atoms with Crippen LogP contribution >= 0.6 is 11.8 Å². The second-order valence-electron chi connectivity index (χ2n) is 2.60. The normalized spacial score (nSPS) is 21.8. The van der Waals surface area contributed by atoms with E-state index in [1.165, 1.54) is 11.8 Å². The highest BCUT2D eigenvalue weighted by atomic mass is 32.2. The van der Waals surface area contributed by atoms with E-state index in [9.17, 15) is 4.79 Å². The molecule has 0 fully saturated rings. The number of carboxylic acids is 1. The van der Waals surface area contributed by atoms with E-state index in [0.717, 1.165) is 5.03 Å². The van der Waals surface area contributed by atoms with E-state index in [2.05, 4.69) is 10.3 Å². The SMILES string of the molecule is O=C(O)[C@H]1CSc2cnnn2C1. The van der Waals surface area contributed by atoms with Crippen molar-refractivity contribution in [3.8, 4) is 0 Å². The number of rotatable bonds is 1. The molecule has 0 aromatic carbocycles. The predicted octanol–water partition coefficient (Wildman–Crippen LogP) is 0.0846. The van der Waals surface area contributed by atoms with E-state index in [0.29, 0.717) is 12.3 Å². The van der Waals surface area contributed by atoms with Gasteiger partial charge in [0.15, 0.2) is 0 Å². The molecule has 0 saturated carbocycles. The smallest absolute Gasteiger partial charge is 0.309 e. The van der Waals surface area contributed by atoms with Crippen LogP contribution in [0, 0.1) is 5.92 Å². The van der Waals surface area contributed by atoms with E-state index < -0.39 is 5.97 Å². The minimum Gasteiger partial charge on any atom is -0.481 e. The number of aliphatic carboxylic acids is 1. The molecule has 0 radical (unpaired) electrons. The highest BCUT2D eigenvalue weighted by Gasteiger charge is 2.25. The maximum absolute atomic E-state index is 10.6. The highest BCUT2D eigenvalue weighted by molar-refractivity contribution is 7.99. The van der Waals surface area contributed by atoms with Gasteiger partial charge in [-0.15, -0.1) is 16.9 Å². The standard InChI is InChI=1S/C6H7N3O2S/c10-6(11)4-2-9-5(12-3-4)1-7-8-9/h1,4H,2-3H2,(H,10,11)/t4-/m1/s1. The van der Waals surface area contributed by atoms with Crippen LogP contribution in [0.3, 0.4) is 0 Å². The number of aromatic nitrogens is 3. The molecular formula is C6H7N3O2S. The summed E-state index contributed by atoms with van der Waals surface area (Å²) in [6.07, 6.45) is 1.66. The summed E-state index contributed by atoms with van der Waals surface area (Å²) in [5, 5.41) is 17.1. The molecule has 1 aliphatic rings. The first-order valence-electron chi connectivity index (χ1n) is 3.51. The van der Waals surface area contributed by atoms with Gasteiger partial charge in [-0.05, 0) is 0 Å². The Morgan fingerprint density at radius 2 is 2.67 bits per heavy atom. The Morgan fingerprint density at radius 3 is 3.42 bits per heavy atom. The first kappa shape index (κ1) is 7.60. The number of hydrogen-bond donors (Lipinski definition) is 1. The molecule has 1 aliphatic heterocycles. The minimum atomic E-state index is -0.761. The zero-order valence-electron chi connectivity index (χ0n) is 6.17. The average Bonchev–Trinajstić information content (AvgIpc) is 2.49. The summed E-state index contributed by atoms with van der Waals surface area (Å²) in [4.78, 5) is 10.6. The number of nitrogens with zero attached hydrogens (tertiary/aromatic N) is 3. The fraction of sp³-hybridized carbons (Fsp3) is 0.500. The van der Waals surface area contributed by atoms with Crippen molar-refractivity contribution in [2.24, 2.45) is 5.92 Å². The zero-order chi connectivity index (χ0) is 8.55. The lowest BCUT2D eigenvalue weighted by Gasteiger charge is -2.17. The molecule has 1 aromatic rings. The number of thioether (sulfide) groups is 1. The second-order valence-corrected chi connectivity index (χ2v) is 3.64. The first-order valence-corrected chi connectivity index (χ1v) is 4.50. The van der Waals surface area contributed by atoms with Crippen LogP contribution in [0.15, 0.2) is 11.2 Å². The average molecular weight is 185 g/mol. The molecule has 1 atom stereocenters. The van der Waals surface area contributed by atoms with E-state index in [4.69, 9.17) is 5.11 Å². The van der Waals surface area contributed by atoms with Gasteiger partial charge >= 0.3 is 5.97 Å². The van der Waals surface area contributed by atoms with Crippen LogP contribution in [-0.4, -0.2) is 31.8 Å². The summed E-state index contributed by atoms with van der Waals surface area (Å²) in [6, 6.07) is 0. The van der Waals surface area contributed by atoms with Crippen molar-refractivity contribution in [1.82, 2.24) is 15.0 Å². The van der Waals surface area contributed by atoms with Crippen LogP contribution in [0.4, 0.5) is 0 Å². The third-order valence-electron chi connectivity index (χ3n) is 1.76. The van der Waals surface area contributed by atoms with Crippen molar-refractivity contribution in [2.75, 3.05) is 5.75 Å². The molecule has 1 N–H and O–H groups in total. The van der Waals surface area contributed by atoms with Crippen molar-refractivity contribution >= 4 is 17.7 Å². The van der Waals surface area contributed by atoms with E-state index in [1.807, 2.05) is 0 Å². The maximum Gasteiger partial charge on any atom is 0.309 e. The number of carbonyl (C=O) groups is 1. The van der Waals surface area contributed by atoms with Crippen LogP contribution < -0.4 is 0 Å². The Balaban J connectivity index is 2.20. The Bertz CT molecular complexity index is 311. The third-order valence-corrected chi connectivity index (χ3v) is 2.94. The van der Waals surface area contributed by atoms with Gasteiger partial charge in [-0.3, -0.25) is 4.79 Å². The lowest BCUT2D eigenvalue weighted by atomic mass is 10.2. The Kier molecular flexibility index (Phi) is 1.76. The first-order chi connectivity index (χ1) is 5.77. The zero-order valence-corrected chi connectivity index (χ0v) is 6.99. The summed E-state index contributed by atoms with van der Waals surface area (Å²) < 4.78 is 1.63. The molecule has 2 rings (SSSR count). The fourth-order valence-electron chi connectivity index (χ4n) is 1.08. The lowest BCUT2D eigenvalue weighted by molar-refractivity contribution is -0.141. The molecule has 64 valence electrons. The molecule has 0 saturated heterocycles. The molecular weight excluding hydrogens is 178 g/mol. The van der Waals surface area contributed by atoms with Gasteiger partial charge in [-0.1, -0.05) is 5.21 Å². The molecule has 0 aliphatic carbocycles. The molecule has 0 bridgehead atoms. The van der Waals surface area contributed by atoms with Gasteiger partial charge in [0.25, 0.3) is 0 Å². The Labute approximate surface area is 72.8 Å². The Morgan fingerprint density at radius 1 is 1.83 bits per heavy atom. The molecule has 12 heavy (non-hydrogen) atoms. The molecule has 2 heterocycles. The van der Waals surface area contributed by atoms with Crippen LogP contribution in [-0.2, 0) is 11.3 Å². The van der Waals surface area contributed by atoms with Crippen molar-refractivity contribution in [3.05, 3.63) is 6.20 Å². The summed E-state index contributed by atoms with van der Waals surface area (Å²) >= 11 is 1.49. The van der Waals surface area contributed by atoms with Crippen molar-refractivity contribution in [1.29, 1.82) is 0 Å². The van der Waals surface area contributed by atoms with Gasteiger partial charge in [0.05, 0.1) is 18.7 Å². The molecule has 0 unspecified atom stereocenters. The van der Waals surface area contributed by atoms with Crippen LogP contribution in [0.2, 0.25) is 0 Å². The second kappa shape index (κ2) is 2.78. The summed E-state index contributed by atoms with van der Waals surface area (Å²) in [5.74, 6) is -0.476. The molecule has 0 amide bonds. The van der Waals surface area contributed by atoms with Gasteiger partial charge in [0.2, 0.25) is 0 Å². The minimum absolute atomic E-state index is 0.329. The van der Waals surface area contributed by atoms with Gasteiger partial charge in [0.1, 0.15) is 5.03 Å². The van der Waals surface area contributed by atoms with Crippen LogP contribution in [0.25, 0.3) is 0 Å². The van der Waals surface area contributed by atoms with Crippen molar-refractivity contribution in [3.63, 3.8) is 0 Å². The van der Waals surface area contributed by atoms with Crippen LogP contribution in [0.1, 0.15) is 0 Å². The molecule has 0 spiro atoms. The van der Waals surface area contributed by atoms with Gasteiger partial charge in [-0.25, -0.2) is 4.68 Å². The number of hydrogen-bond acceptors (Lipinski definition) is 4. The molecule has 1 aromatic heterocycles. The van der Waals surface area contributed by atoms with E-state index >= 15 is 0 Å². The van der Waals surface area contributed by atoms with Crippen molar-refractivity contribution < 1.29 is 9.90 Å². The summed E-state index contributed by atoms with van der Waals surface area (Å²) in [6.45, 7) is 0.442. The quantitative estimate of drug-likeness (QED) is 0.671. The highest BCUT2D eigenvalue weighted by Crippen LogP contribution is 2.26. The Hall–Kier alpha value is -1.04. The number of fused-ring (bicyclic) bond motifs is 1. The topological polar surface area (TPSA) is 68.0 Å². The van der Waals surface area contributed by atoms with E-state index in [-0.39, 0.29) is 5.92 Å². The summed E-state index contributed by atoms with van der Waals surface area (Å²) in [5.41, 5.74) is 0. The monoisotopic (exact) mass is 185 g/mol. The number of carboxylic acid groups (broad SMARTS) is 1. The van der Waals surface area contributed by atoms with Gasteiger partial charge in [0, 0.05) is 5.75 Å². The van der Waals surface area contributed by atoms with Gasteiger partial charge < -0.3 is 5.11 Å². The van der Waals surface area contributed by atoms with Crippen LogP contribution in [0.5, 0.6) is 0 Å². The largest absolute Gasteiger partial charge is 0.481 e. The molecule has 5 nitrogen and oxygen atoms in total. The lowest BCUT2D eigenvalue weighted by Crippen LogP contribution is -2.26. The summed E-state index contributed by atoms with van der Waals surface area (Å²) in [7, 11) is 0.